The topological polar surface area (TPSA) is 0 Å². The van der Waals surface area contributed by atoms with E-state index in [2.05, 4.69) is 30.7 Å². The molecule has 0 amide bonds. The highest BCUT2D eigenvalue weighted by Gasteiger charge is 2.01. The van der Waals surface area contributed by atoms with Crippen LogP contribution in [0.15, 0.2) is 17.5 Å². The quantitative estimate of drug-likeness (QED) is 0.637. The van der Waals surface area contributed by atoms with Gasteiger partial charge in [-0.1, -0.05) is 6.07 Å². The minimum atomic E-state index is 0.671. The van der Waals surface area contributed by atoms with Crippen molar-refractivity contribution in [1.29, 1.82) is 0 Å². The average Bonchev–Trinajstić information content (AvgIpc) is 2.37. The third-order valence-corrected chi connectivity index (χ3v) is 3.46. The molecule has 1 heterocycles. The summed E-state index contributed by atoms with van der Waals surface area (Å²) in [6.07, 6.45) is 2.14. The highest BCUT2D eigenvalue weighted by molar-refractivity contribution is 7.98. The summed E-state index contributed by atoms with van der Waals surface area (Å²) in [6, 6.07) is 4.29. The molecule has 0 fully saturated rings. The van der Waals surface area contributed by atoms with Gasteiger partial charge in [-0.05, 0) is 24.6 Å². The summed E-state index contributed by atoms with van der Waals surface area (Å²) < 4.78 is 0. The minimum absolute atomic E-state index is 0.671. The molecule has 0 N–H and O–H groups in total. The fourth-order valence-corrected chi connectivity index (χ4v) is 2.07. The summed E-state index contributed by atoms with van der Waals surface area (Å²) in [5.74, 6) is 0. The van der Waals surface area contributed by atoms with Crippen LogP contribution >= 0.6 is 23.1 Å². The Morgan fingerprint density at radius 3 is 2.89 bits per heavy atom. The molecule has 0 saturated heterocycles. The third-order valence-electron chi connectivity index (χ3n) is 1.30. The molecule has 9 heavy (non-hydrogen) atoms. The maximum absolute atomic E-state index is 2.23. The van der Waals surface area contributed by atoms with E-state index >= 15 is 0 Å². The molecule has 2 heteroatoms. The molecule has 0 unspecified atom stereocenters. The molecule has 1 rings (SSSR count). The number of hydrogen-bond acceptors (Lipinski definition) is 2. The van der Waals surface area contributed by atoms with E-state index in [0.717, 1.165) is 0 Å². The van der Waals surface area contributed by atoms with Gasteiger partial charge in [0, 0.05) is 10.1 Å². The molecule has 0 aliphatic rings. The van der Waals surface area contributed by atoms with Crippen molar-refractivity contribution < 1.29 is 0 Å². The lowest BCUT2D eigenvalue weighted by Crippen LogP contribution is -1.78. The summed E-state index contributed by atoms with van der Waals surface area (Å²) in [7, 11) is 0. The zero-order valence-corrected chi connectivity index (χ0v) is 7.26. The predicted molar refractivity (Wildman–Crippen MR) is 46.2 cm³/mol. The Morgan fingerprint density at radius 1 is 1.67 bits per heavy atom. The van der Waals surface area contributed by atoms with Crippen molar-refractivity contribution in [3.8, 4) is 0 Å². The van der Waals surface area contributed by atoms with E-state index in [9.17, 15) is 0 Å². The van der Waals surface area contributed by atoms with Crippen molar-refractivity contribution in [2.45, 2.75) is 12.2 Å². The molecule has 1 atom stereocenters. The van der Waals surface area contributed by atoms with Gasteiger partial charge in [0.2, 0.25) is 0 Å². The van der Waals surface area contributed by atoms with E-state index in [1.807, 2.05) is 23.1 Å². The van der Waals surface area contributed by atoms with Gasteiger partial charge in [0.15, 0.2) is 0 Å². The van der Waals surface area contributed by atoms with Gasteiger partial charge in [0.05, 0.1) is 0 Å². The van der Waals surface area contributed by atoms with Gasteiger partial charge in [-0.2, -0.15) is 11.8 Å². The molecular weight excluding hydrogens is 148 g/mol. The van der Waals surface area contributed by atoms with Gasteiger partial charge in [0.25, 0.3) is 0 Å². The molecule has 1 aromatic heterocycles. The van der Waals surface area contributed by atoms with Gasteiger partial charge < -0.3 is 0 Å². The number of thiophene rings is 1. The van der Waals surface area contributed by atoms with Crippen molar-refractivity contribution in [2.24, 2.45) is 0 Å². The Morgan fingerprint density at radius 2 is 2.44 bits per heavy atom. The van der Waals surface area contributed by atoms with E-state index in [1.54, 1.807) is 0 Å². The zero-order chi connectivity index (χ0) is 6.69. The van der Waals surface area contributed by atoms with E-state index < -0.39 is 0 Å². The largest absolute Gasteiger partial charge is 0.157 e. The summed E-state index contributed by atoms with van der Waals surface area (Å²) in [4.78, 5) is 1.47. The van der Waals surface area contributed by atoms with Gasteiger partial charge in [0.1, 0.15) is 0 Å². The lowest BCUT2D eigenvalue weighted by Gasteiger charge is -2.01. The molecule has 1 aromatic rings. The first-order valence-electron chi connectivity index (χ1n) is 2.91. The third kappa shape index (κ3) is 1.73. The Kier molecular flexibility index (Phi) is 2.61. The van der Waals surface area contributed by atoms with Crippen molar-refractivity contribution in [3.05, 3.63) is 22.4 Å². The SMILES string of the molecule is CS[C@@H](C)c1cccs1. The predicted octanol–water partition coefficient (Wildman–Crippen LogP) is 3.17. The van der Waals surface area contributed by atoms with Crippen LogP contribution in [0.4, 0.5) is 0 Å². The molecule has 0 aliphatic heterocycles. The van der Waals surface area contributed by atoms with Gasteiger partial charge in [-0.25, -0.2) is 0 Å². The molecule has 0 bridgehead atoms. The number of rotatable bonds is 2. The summed E-state index contributed by atoms with van der Waals surface area (Å²) >= 11 is 3.73. The minimum Gasteiger partial charge on any atom is -0.157 e. The second-order valence-electron chi connectivity index (χ2n) is 1.89. The number of hydrogen-bond donors (Lipinski definition) is 0. The molecular formula is C7H10S2. The number of thioether (sulfide) groups is 1. The van der Waals surface area contributed by atoms with Crippen molar-refractivity contribution in [3.63, 3.8) is 0 Å². The maximum atomic E-state index is 2.23. The van der Waals surface area contributed by atoms with Crippen LogP contribution in [0.3, 0.4) is 0 Å². The summed E-state index contributed by atoms with van der Waals surface area (Å²) in [5, 5.41) is 2.80. The molecule has 0 saturated carbocycles. The van der Waals surface area contributed by atoms with E-state index in [1.165, 1.54) is 4.88 Å². The maximum Gasteiger partial charge on any atom is 0.0360 e. The fourth-order valence-electron chi connectivity index (χ4n) is 0.639. The normalized spacial score (nSPS) is 13.6. The Labute approximate surface area is 64.3 Å². The zero-order valence-electron chi connectivity index (χ0n) is 5.63. The first kappa shape index (κ1) is 7.16. The molecule has 0 aromatic carbocycles. The smallest absolute Gasteiger partial charge is 0.0360 e. The summed E-state index contributed by atoms with van der Waals surface area (Å²) in [5.41, 5.74) is 0. The Hall–Kier alpha value is 0.0500. The van der Waals surface area contributed by atoms with Crippen molar-refractivity contribution in [1.82, 2.24) is 0 Å². The van der Waals surface area contributed by atoms with Crippen LogP contribution in [0, 0.1) is 0 Å². The van der Waals surface area contributed by atoms with E-state index in [0.29, 0.717) is 5.25 Å². The van der Waals surface area contributed by atoms with Crippen LogP contribution in [-0.4, -0.2) is 6.26 Å². The highest BCUT2D eigenvalue weighted by atomic mass is 32.2. The highest BCUT2D eigenvalue weighted by Crippen LogP contribution is 2.28. The summed E-state index contributed by atoms with van der Waals surface area (Å²) in [6.45, 7) is 2.23. The van der Waals surface area contributed by atoms with E-state index in [-0.39, 0.29) is 0 Å². The standard InChI is InChI=1S/C7H10S2/c1-6(8-2)7-4-3-5-9-7/h3-6H,1-2H3/t6-/m0/s1. The molecule has 0 radical (unpaired) electrons. The van der Waals surface area contributed by atoms with Crippen LogP contribution in [0.2, 0.25) is 0 Å². The Bertz CT molecular complexity index is 155. The van der Waals surface area contributed by atoms with Gasteiger partial charge in [-0.15, -0.1) is 11.3 Å². The molecule has 50 valence electrons. The van der Waals surface area contributed by atoms with Gasteiger partial charge >= 0.3 is 0 Å². The first-order valence-corrected chi connectivity index (χ1v) is 5.07. The molecule has 0 nitrogen and oxygen atoms in total. The van der Waals surface area contributed by atoms with E-state index in [4.69, 9.17) is 0 Å². The lowest BCUT2D eigenvalue weighted by atomic mass is 10.4. The molecule has 0 aliphatic carbocycles. The van der Waals surface area contributed by atoms with Crippen LogP contribution in [0.1, 0.15) is 17.1 Å². The molecule has 0 spiro atoms. The lowest BCUT2D eigenvalue weighted by molar-refractivity contribution is 1.15. The van der Waals surface area contributed by atoms with Crippen LogP contribution in [-0.2, 0) is 0 Å². The first-order chi connectivity index (χ1) is 4.34. The Balaban J connectivity index is 2.65. The average molecular weight is 158 g/mol. The van der Waals surface area contributed by atoms with Crippen molar-refractivity contribution >= 4 is 23.1 Å². The van der Waals surface area contributed by atoms with Crippen LogP contribution < -0.4 is 0 Å². The van der Waals surface area contributed by atoms with Gasteiger partial charge in [-0.3, -0.25) is 0 Å². The fraction of sp³-hybridized carbons (Fsp3) is 0.429. The van der Waals surface area contributed by atoms with Crippen LogP contribution in [0.25, 0.3) is 0 Å². The van der Waals surface area contributed by atoms with Crippen molar-refractivity contribution in [2.75, 3.05) is 6.26 Å². The van der Waals surface area contributed by atoms with Crippen LogP contribution in [0.5, 0.6) is 0 Å². The second kappa shape index (κ2) is 3.28. The second-order valence-corrected chi connectivity index (χ2v) is 4.05. The monoisotopic (exact) mass is 158 g/mol.